The average Bonchev–Trinajstić information content (AvgIpc) is 2.94. The van der Waals surface area contributed by atoms with Crippen LogP contribution < -0.4 is 11.1 Å². The van der Waals surface area contributed by atoms with Crippen molar-refractivity contribution in [2.24, 2.45) is 11.7 Å². The van der Waals surface area contributed by atoms with Crippen LogP contribution in [0.3, 0.4) is 0 Å². The average molecular weight is 600 g/mol. The van der Waals surface area contributed by atoms with E-state index in [9.17, 15) is 27.9 Å². The molecule has 0 fully saturated rings. The number of alkyl halides is 3. The normalized spacial score (nSPS) is 14.4. The van der Waals surface area contributed by atoms with Crippen molar-refractivity contribution in [3.05, 3.63) is 59.4 Å². The molecule has 3 unspecified atom stereocenters. The van der Waals surface area contributed by atoms with Crippen LogP contribution in [0.1, 0.15) is 57.1 Å². The third-order valence-electron chi connectivity index (χ3n) is 7.08. The van der Waals surface area contributed by atoms with E-state index in [1.807, 2.05) is 56.4 Å². The minimum absolute atomic E-state index is 0.0676. The Morgan fingerprint density at radius 3 is 2.36 bits per heavy atom. The summed E-state index contributed by atoms with van der Waals surface area (Å²) < 4.78 is 52.9. The van der Waals surface area contributed by atoms with Crippen LogP contribution in [-0.4, -0.2) is 73.3 Å². The summed E-state index contributed by atoms with van der Waals surface area (Å²) in [6.07, 6.45) is -2.45. The van der Waals surface area contributed by atoms with E-state index in [2.05, 4.69) is 0 Å². The quantitative estimate of drug-likeness (QED) is 0.135. The summed E-state index contributed by atoms with van der Waals surface area (Å²) in [5, 5.41) is 22.4. The fourth-order valence-corrected chi connectivity index (χ4v) is 4.59. The van der Waals surface area contributed by atoms with Gasteiger partial charge in [0.05, 0.1) is 11.7 Å². The van der Waals surface area contributed by atoms with E-state index in [1.54, 1.807) is 18.2 Å². The Bertz CT molecular complexity index is 1110. The molecule has 3 atom stereocenters. The first-order chi connectivity index (χ1) is 19.7. The Hall–Kier alpha value is -2.86. The number of rotatable bonds is 15. The Morgan fingerprint density at radius 2 is 1.81 bits per heavy atom. The molecule has 42 heavy (non-hydrogen) atoms. The summed E-state index contributed by atoms with van der Waals surface area (Å²) in [4.78, 5) is 22.8. The summed E-state index contributed by atoms with van der Waals surface area (Å²) in [7, 11) is 3.90. The van der Waals surface area contributed by atoms with E-state index in [-0.39, 0.29) is 38.3 Å². The Kier molecular flexibility index (Phi) is 15.9. The number of hydrogen-bond donors (Lipinski definition) is 4. The lowest BCUT2D eigenvalue weighted by molar-refractivity contribution is -0.173. The molecule has 0 aliphatic heterocycles. The predicted molar refractivity (Wildman–Crippen MR) is 156 cm³/mol. The molecule has 2 aromatic carbocycles. The van der Waals surface area contributed by atoms with Crippen LogP contribution in [0.5, 0.6) is 0 Å². The van der Waals surface area contributed by atoms with E-state index in [4.69, 9.17) is 10.8 Å². The first kappa shape index (κ1) is 37.2. The second kappa shape index (κ2) is 17.9. The molecule has 1 amide bonds. The summed E-state index contributed by atoms with van der Waals surface area (Å²) in [6.45, 7) is 4.59. The number of nitrogens with one attached hydrogen (secondary N) is 1. The molecule has 0 aliphatic carbocycles. The molecule has 0 saturated carbocycles. The van der Waals surface area contributed by atoms with E-state index < -0.39 is 29.6 Å². The van der Waals surface area contributed by atoms with Gasteiger partial charge in [-0.3, -0.25) is 4.79 Å². The number of aryl methyl sites for hydroxylation is 1. The number of nitrogens with zero attached hydrogens (tertiary/aromatic N) is 1. The van der Waals surface area contributed by atoms with Crippen LogP contribution >= 0.6 is 0 Å². The highest BCUT2D eigenvalue weighted by molar-refractivity contribution is 5.81. The van der Waals surface area contributed by atoms with Crippen LogP contribution in [0.2, 0.25) is 0 Å². The fraction of sp³-hybridized carbons (Fsp3) is 0.548. The number of halogens is 4. The van der Waals surface area contributed by atoms with Gasteiger partial charge in [0, 0.05) is 25.1 Å². The van der Waals surface area contributed by atoms with E-state index in [1.165, 1.54) is 6.07 Å². The zero-order chi connectivity index (χ0) is 31.9. The van der Waals surface area contributed by atoms with E-state index in [0.29, 0.717) is 29.4 Å². The summed E-state index contributed by atoms with van der Waals surface area (Å²) in [5.41, 5.74) is 5.81. The number of hydrogen-bond acceptors (Lipinski definition) is 6. The van der Waals surface area contributed by atoms with Crippen molar-refractivity contribution in [3.8, 4) is 11.1 Å². The molecule has 7 nitrogen and oxygen atoms in total. The molecule has 0 heterocycles. The number of aldehydes is 1. The predicted octanol–water partition coefficient (Wildman–Crippen LogP) is 4.57. The van der Waals surface area contributed by atoms with Crippen LogP contribution in [-0.2, 0) is 21.6 Å². The zero-order valence-corrected chi connectivity index (χ0v) is 24.9. The zero-order valence-electron chi connectivity index (χ0n) is 24.9. The number of aliphatic hydroxyl groups excluding tert-OH is 1. The van der Waals surface area contributed by atoms with Gasteiger partial charge in [-0.05, 0) is 81.4 Å². The number of benzene rings is 2. The summed E-state index contributed by atoms with van der Waals surface area (Å²) in [6, 6.07) is 12.1. The lowest BCUT2D eigenvalue weighted by atomic mass is 9.74. The number of carbonyl (C=O) groups is 2. The third-order valence-corrected chi connectivity index (χ3v) is 7.08. The van der Waals surface area contributed by atoms with Gasteiger partial charge in [0.25, 0.3) is 0 Å². The van der Waals surface area contributed by atoms with Crippen molar-refractivity contribution >= 4 is 12.2 Å². The van der Waals surface area contributed by atoms with Gasteiger partial charge < -0.3 is 31.0 Å². The van der Waals surface area contributed by atoms with Crippen molar-refractivity contribution in [2.75, 3.05) is 33.7 Å². The van der Waals surface area contributed by atoms with Gasteiger partial charge in [-0.15, -0.1) is 0 Å². The molecule has 0 saturated heterocycles. The van der Waals surface area contributed by atoms with Crippen LogP contribution in [0.15, 0.2) is 42.5 Å². The smallest absolute Gasteiger partial charge is 0.391 e. The highest BCUT2D eigenvalue weighted by atomic mass is 19.4. The standard InChI is InChI=1S/C27H36F4N2O2.C4H9NO2/c1-5-20-11-6-12-21(18-20)24-22(13-7-14-23(24)28)26(35,19(2)10-8-17-33(3)4)15-9-16-32-25(34)27(29,30)31;5-3-4(7)1-2-6/h6-7,11-14,18-19,35H,5,8-10,15-17H2,1-4H3,(H,32,34);2,4,7H,1,3,5H2. The number of aliphatic hydroxyl groups is 2. The molecule has 0 aromatic heterocycles. The Balaban J connectivity index is 0.00000112. The summed E-state index contributed by atoms with van der Waals surface area (Å²) in [5.74, 6) is -2.79. The number of amides is 1. The van der Waals surface area contributed by atoms with Crippen molar-refractivity contribution in [2.45, 2.75) is 70.3 Å². The van der Waals surface area contributed by atoms with Crippen molar-refractivity contribution < 1.29 is 37.4 Å². The first-order valence-corrected chi connectivity index (χ1v) is 14.1. The van der Waals surface area contributed by atoms with Gasteiger partial charge >= 0.3 is 12.1 Å². The topological polar surface area (TPSA) is 116 Å². The van der Waals surface area contributed by atoms with Gasteiger partial charge in [0.15, 0.2) is 0 Å². The molecule has 2 aromatic rings. The van der Waals surface area contributed by atoms with Gasteiger partial charge in [-0.1, -0.05) is 50.2 Å². The van der Waals surface area contributed by atoms with Crippen LogP contribution in [0.4, 0.5) is 17.6 Å². The fourth-order valence-electron chi connectivity index (χ4n) is 4.59. The SMILES string of the molecule is CCc1cccc(-c2c(F)cccc2C(O)(CCCNC(=O)C(F)(F)F)C(C)CCCN(C)C)c1.NCC(O)CC=O. The van der Waals surface area contributed by atoms with E-state index >= 15 is 4.39 Å². The molecule has 236 valence electrons. The number of nitrogens with two attached hydrogens (primary N) is 1. The van der Waals surface area contributed by atoms with Crippen LogP contribution in [0, 0.1) is 11.7 Å². The minimum atomic E-state index is -4.96. The minimum Gasteiger partial charge on any atom is -0.391 e. The van der Waals surface area contributed by atoms with Gasteiger partial charge in [-0.25, -0.2) is 4.39 Å². The van der Waals surface area contributed by atoms with Gasteiger partial charge in [-0.2, -0.15) is 13.2 Å². The van der Waals surface area contributed by atoms with Crippen molar-refractivity contribution in [3.63, 3.8) is 0 Å². The monoisotopic (exact) mass is 599 g/mol. The maximum atomic E-state index is 15.2. The lowest BCUT2D eigenvalue weighted by Crippen LogP contribution is -2.39. The van der Waals surface area contributed by atoms with Gasteiger partial charge in [0.1, 0.15) is 12.1 Å². The molecular formula is C31H45F4N3O4. The largest absolute Gasteiger partial charge is 0.471 e. The highest BCUT2D eigenvalue weighted by Crippen LogP contribution is 2.43. The summed E-state index contributed by atoms with van der Waals surface area (Å²) >= 11 is 0. The Morgan fingerprint density at radius 1 is 1.14 bits per heavy atom. The lowest BCUT2D eigenvalue weighted by Gasteiger charge is -2.37. The third kappa shape index (κ3) is 11.8. The molecule has 0 aliphatic rings. The molecular weight excluding hydrogens is 554 g/mol. The maximum Gasteiger partial charge on any atom is 0.471 e. The van der Waals surface area contributed by atoms with Crippen molar-refractivity contribution in [1.29, 1.82) is 0 Å². The van der Waals surface area contributed by atoms with Crippen LogP contribution in [0.25, 0.3) is 11.1 Å². The van der Waals surface area contributed by atoms with E-state index in [0.717, 1.165) is 24.9 Å². The highest BCUT2D eigenvalue weighted by Gasteiger charge is 2.40. The molecule has 0 spiro atoms. The van der Waals surface area contributed by atoms with Gasteiger partial charge in [0.2, 0.25) is 0 Å². The second-order valence-electron chi connectivity index (χ2n) is 10.6. The first-order valence-electron chi connectivity index (χ1n) is 14.1. The van der Waals surface area contributed by atoms with Crippen molar-refractivity contribution in [1.82, 2.24) is 10.2 Å². The second-order valence-corrected chi connectivity index (χ2v) is 10.6. The Labute approximate surface area is 246 Å². The molecule has 2 rings (SSSR count). The molecule has 11 heteroatoms. The molecule has 5 N–H and O–H groups in total. The number of carbonyl (C=O) groups excluding carboxylic acids is 2. The molecule has 0 bridgehead atoms. The molecule has 0 radical (unpaired) electrons. The maximum absolute atomic E-state index is 15.2.